The summed E-state index contributed by atoms with van der Waals surface area (Å²) in [6.07, 6.45) is 0.837. The standard InChI is InChI=1S/C18H21NO2/c1-4-17(14-9-11-15(21-3)12-10-14)19-18(20)16-8-6-5-7-13(16)2/h5-12,17H,4H2,1-3H3,(H,19,20)/t17-/m0/s1. The van der Waals surface area contributed by atoms with Crippen molar-refractivity contribution >= 4 is 5.91 Å². The molecule has 0 unspecified atom stereocenters. The maximum Gasteiger partial charge on any atom is 0.252 e. The number of carbonyl (C=O) groups excluding carboxylic acids is 1. The third kappa shape index (κ3) is 3.63. The highest BCUT2D eigenvalue weighted by molar-refractivity contribution is 5.95. The molecule has 2 aromatic carbocycles. The average Bonchev–Trinajstić information content (AvgIpc) is 2.53. The zero-order valence-electron chi connectivity index (χ0n) is 12.7. The van der Waals surface area contributed by atoms with Crippen LogP contribution < -0.4 is 10.1 Å². The van der Waals surface area contributed by atoms with Crippen LogP contribution in [0.4, 0.5) is 0 Å². The quantitative estimate of drug-likeness (QED) is 0.904. The smallest absolute Gasteiger partial charge is 0.252 e. The molecular weight excluding hydrogens is 262 g/mol. The van der Waals surface area contributed by atoms with Gasteiger partial charge in [-0.3, -0.25) is 4.79 Å². The van der Waals surface area contributed by atoms with Gasteiger partial charge in [-0.15, -0.1) is 0 Å². The van der Waals surface area contributed by atoms with Gasteiger partial charge in [-0.25, -0.2) is 0 Å². The first-order valence-electron chi connectivity index (χ1n) is 7.16. The van der Waals surface area contributed by atoms with Crippen LogP contribution in [0.3, 0.4) is 0 Å². The van der Waals surface area contributed by atoms with Crippen LogP contribution in [0.25, 0.3) is 0 Å². The van der Waals surface area contributed by atoms with Gasteiger partial charge in [-0.2, -0.15) is 0 Å². The van der Waals surface area contributed by atoms with Crippen LogP contribution >= 0.6 is 0 Å². The summed E-state index contributed by atoms with van der Waals surface area (Å²) in [6.45, 7) is 4.01. The summed E-state index contributed by atoms with van der Waals surface area (Å²) in [5.41, 5.74) is 2.80. The van der Waals surface area contributed by atoms with Crippen molar-refractivity contribution in [1.29, 1.82) is 0 Å². The van der Waals surface area contributed by atoms with Gasteiger partial charge in [0, 0.05) is 5.56 Å². The number of carbonyl (C=O) groups is 1. The molecule has 0 aliphatic carbocycles. The molecule has 0 aromatic heterocycles. The molecule has 1 amide bonds. The van der Waals surface area contributed by atoms with E-state index in [9.17, 15) is 4.79 Å². The highest BCUT2D eigenvalue weighted by atomic mass is 16.5. The molecule has 110 valence electrons. The largest absolute Gasteiger partial charge is 0.497 e. The Morgan fingerprint density at radius 1 is 1.14 bits per heavy atom. The minimum atomic E-state index is -0.0317. The van der Waals surface area contributed by atoms with E-state index in [2.05, 4.69) is 12.2 Å². The Labute approximate surface area is 126 Å². The second kappa shape index (κ2) is 6.93. The van der Waals surface area contributed by atoms with Gasteiger partial charge in [-0.05, 0) is 42.7 Å². The van der Waals surface area contributed by atoms with Crippen LogP contribution in [0, 0.1) is 6.92 Å². The van der Waals surface area contributed by atoms with Crippen molar-refractivity contribution in [3.05, 3.63) is 65.2 Å². The van der Waals surface area contributed by atoms with E-state index in [1.165, 1.54) is 0 Å². The van der Waals surface area contributed by atoms with Crippen molar-refractivity contribution in [3.8, 4) is 5.75 Å². The van der Waals surface area contributed by atoms with Crippen LogP contribution in [0.2, 0.25) is 0 Å². The molecule has 0 radical (unpaired) electrons. The van der Waals surface area contributed by atoms with Gasteiger partial charge in [0.05, 0.1) is 13.2 Å². The van der Waals surface area contributed by atoms with E-state index in [0.717, 1.165) is 28.9 Å². The van der Waals surface area contributed by atoms with Crippen molar-refractivity contribution in [2.24, 2.45) is 0 Å². The average molecular weight is 283 g/mol. The summed E-state index contributed by atoms with van der Waals surface area (Å²) in [6, 6.07) is 15.4. The maximum absolute atomic E-state index is 12.4. The number of rotatable bonds is 5. The molecule has 2 rings (SSSR count). The molecule has 3 nitrogen and oxygen atoms in total. The normalized spacial score (nSPS) is 11.8. The minimum absolute atomic E-state index is 0.00279. The van der Waals surface area contributed by atoms with Gasteiger partial charge < -0.3 is 10.1 Å². The number of amides is 1. The molecule has 1 N–H and O–H groups in total. The molecule has 21 heavy (non-hydrogen) atoms. The number of aryl methyl sites for hydroxylation is 1. The lowest BCUT2D eigenvalue weighted by Gasteiger charge is -2.18. The highest BCUT2D eigenvalue weighted by Gasteiger charge is 2.15. The summed E-state index contributed by atoms with van der Waals surface area (Å²) < 4.78 is 5.16. The second-order valence-electron chi connectivity index (χ2n) is 5.02. The Kier molecular flexibility index (Phi) is 4.99. The fourth-order valence-electron chi connectivity index (χ4n) is 2.32. The first-order chi connectivity index (χ1) is 10.2. The molecule has 0 heterocycles. The topological polar surface area (TPSA) is 38.3 Å². The number of hydrogen-bond acceptors (Lipinski definition) is 2. The lowest BCUT2D eigenvalue weighted by atomic mass is 10.0. The highest BCUT2D eigenvalue weighted by Crippen LogP contribution is 2.21. The SMILES string of the molecule is CC[C@H](NC(=O)c1ccccc1C)c1ccc(OC)cc1. The van der Waals surface area contributed by atoms with E-state index in [1.54, 1.807) is 7.11 Å². The maximum atomic E-state index is 12.4. The number of hydrogen-bond donors (Lipinski definition) is 1. The van der Waals surface area contributed by atoms with E-state index in [4.69, 9.17) is 4.74 Å². The second-order valence-corrected chi connectivity index (χ2v) is 5.02. The van der Waals surface area contributed by atoms with Crippen LogP contribution in [-0.4, -0.2) is 13.0 Å². The summed E-state index contributed by atoms with van der Waals surface area (Å²) in [7, 11) is 1.65. The third-order valence-corrected chi connectivity index (χ3v) is 3.62. The number of benzene rings is 2. The molecule has 0 spiro atoms. The first-order valence-corrected chi connectivity index (χ1v) is 7.16. The van der Waals surface area contributed by atoms with E-state index in [1.807, 2.05) is 55.5 Å². The molecule has 2 aromatic rings. The molecule has 1 atom stereocenters. The van der Waals surface area contributed by atoms with Gasteiger partial charge in [-0.1, -0.05) is 37.3 Å². The molecule has 0 saturated heterocycles. The fourth-order valence-corrected chi connectivity index (χ4v) is 2.32. The first kappa shape index (κ1) is 15.1. The molecule has 0 fully saturated rings. The van der Waals surface area contributed by atoms with Crippen molar-refractivity contribution in [2.75, 3.05) is 7.11 Å². The summed E-state index contributed by atoms with van der Waals surface area (Å²) >= 11 is 0. The Morgan fingerprint density at radius 3 is 2.38 bits per heavy atom. The fraction of sp³-hybridized carbons (Fsp3) is 0.278. The molecule has 3 heteroatoms. The summed E-state index contributed by atoms with van der Waals surface area (Å²) in [5.74, 6) is 0.787. The predicted octanol–water partition coefficient (Wildman–Crippen LogP) is 3.88. The molecule has 0 saturated carbocycles. The Hall–Kier alpha value is -2.29. The van der Waals surface area contributed by atoms with Crippen molar-refractivity contribution < 1.29 is 9.53 Å². The van der Waals surface area contributed by atoms with Gasteiger partial charge in [0.1, 0.15) is 5.75 Å². The number of methoxy groups -OCH3 is 1. The van der Waals surface area contributed by atoms with Crippen LogP contribution in [0.15, 0.2) is 48.5 Å². The van der Waals surface area contributed by atoms with Gasteiger partial charge >= 0.3 is 0 Å². The zero-order chi connectivity index (χ0) is 15.2. The Balaban J connectivity index is 2.15. The summed E-state index contributed by atoms with van der Waals surface area (Å²) in [4.78, 5) is 12.4. The van der Waals surface area contributed by atoms with E-state index >= 15 is 0 Å². The lowest BCUT2D eigenvalue weighted by molar-refractivity contribution is 0.0935. The monoisotopic (exact) mass is 283 g/mol. The van der Waals surface area contributed by atoms with Crippen LogP contribution in [0.5, 0.6) is 5.75 Å². The molecule has 0 bridgehead atoms. The van der Waals surface area contributed by atoms with Gasteiger partial charge in [0.25, 0.3) is 5.91 Å². The van der Waals surface area contributed by atoms with Crippen molar-refractivity contribution in [2.45, 2.75) is 26.3 Å². The molecular formula is C18H21NO2. The predicted molar refractivity (Wildman–Crippen MR) is 84.7 cm³/mol. The van der Waals surface area contributed by atoms with Crippen molar-refractivity contribution in [3.63, 3.8) is 0 Å². The Morgan fingerprint density at radius 2 is 1.81 bits per heavy atom. The molecule has 0 aliphatic rings. The van der Waals surface area contributed by atoms with E-state index in [-0.39, 0.29) is 11.9 Å². The minimum Gasteiger partial charge on any atom is -0.497 e. The van der Waals surface area contributed by atoms with E-state index in [0.29, 0.717) is 0 Å². The number of nitrogens with one attached hydrogen (secondary N) is 1. The molecule has 0 aliphatic heterocycles. The number of ether oxygens (including phenoxy) is 1. The zero-order valence-corrected chi connectivity index (χ0v) is 12.7. The van der Waals surface area contributed by atoms with Crippen LogP contribution in [-0.2, 0) is 0 Å². The lowest BCUT2D eigenvalue weighted by Crippen LogP contribution is -2.28. The third-order valence-electron chi connectivity index (χ3n) is 3.62. The van der Waals surface area contributed by atoms with Crippen molar-refractivity contribution in [1.82, 2.24) is 5.32 Å². The van der Waals surface area contributed by atoms with E-state index < -0.39 is 0 Å². The Bertz CT molecular complexity index is 605. The van der Waals surface area contributed by atoms with Gasteiger partial charge in [0.2, 0.25) is 0 Å². The van der Waals surface area contributed by atoms with Gasteiger partial charge in [0.15, 0.2) is 0 Å². The summed E-state index contributed by atoms with van der Waals surface area (Å²) in [5, 5.41) is 3.10. The van der Waals surface area contributed by atoms with Crippen LogP contribution in [0.1, 0.15) is 40.9 Å².